The summed E-state index contributed by atoms with van der Waals surface area (Å²) in [4.78, 5) is 40.6. The molecule has 1 aliphatic heterocycles. The number of benzene rings is 3. The molecule has 1 N–H and O–H groups in total. The van der Waals surface area contributed by atoms with Crippen molar-refractivity contribution in [1.82, 2.24) is 10.2 Å². The van der Waals surface area contributed by atoms with Crippen molar-refractivity contribution >= 4 is 18.0 Å². The average Bonchev–Trinajstić information content (AvgIpc) is 2.95. The van der Waals surface area contributed by atoms with Crippen LogP contribution >= 0.6 is 0 Å². The molecule has 0 saturated heterocycles. The van der Waals surface area contributed by atoms with Gasteiger partial charge >= 0.3 is 12.1 Å². The first kappa shape index (κ1) is 25.5. The second-order valence-corrected chi connectivity index (χ2v) is 8.75. The molecule has 3 aromatic carbocycles. The number of hydrogen-bond donors (Lipinski definition) is 1. The lowest BCUT2D eigenvalue weighted by molar-refractivity contribution is -0.145. The number of ether oxygens (including phenoxy) is 2. The fraction of sp³-hybridized carbons (Fsp3) is 0.241. The average molecular weight is 498 g/mol. The molecule has 3 aromatic rings. The van der Waals surface area contributed by atoms with Gasteiger partial charge in [0.25, 0.3) is 0 Å². The molecule has 188 valence electrons. The van der Waals surface area contributed by atoms with Gasteiger partial charge in [-0.05, 0) is 34.4 Å². The molecule has 0 bridgehead atoms. The summed E-state index contributed by atoms with van der Waals surface area (Å²) in [7, 11) is 1.25. The van der Waals surface area contributed by atoms with Crippen LogP contribution in [-0.4, -0.2) is 42.1 Å². The van der Waals surface area contributed by atoms with Crippen molar-refractivity contribution in [1.29, 1.82) is 5.26 Å². The molecule has 0 saturated carbocycles. The molecule has 0 fully saturated rings. The van der Waals surface area contributed by atoms with Crippen molar-refractivity contribution in [2.24, 2.45) is 0 Å². The number of amides is 2. The van der Waals surface area contributed by atoms with Gasteiger partial charge in [-0.25, -0.2) is 9.59 Å². The van der Waals surface area contributed by atoms with Crippen LogP contribution in [0.25, 0.3) is 0 Å². The third-order valence-corrected chi connectivity index (χ3v) is 6.32. The Morgan fingerprint density at radius 2 is 1.65 bits per heavy atom. The van der Waals surface area contributed by atoms with E-state index in [1.54, 1.807) is 24.3 Å². The molecule has 8 heteroatoms. The first-order valence-corrected chi connectivity index (χ1v) is 11.9. The largest absolute Gasteiger partial charge is 0.467 e. The van der Waals surface area contributed by atoms with E-state index in [2.05, 4.69) is 11.4 Å². The quantitative estimate of drug-likeness (QED) is 0.501. The Bertz CT molecular complexity index is 1300. The zero-order valence-electron chi connectivity index (χ0n) is 20.4. The third kappa shape index (κ3) is 6.33. The fourth-order valence-corrected chi connectivity index (χ4v) is 4.31. The highest BCUT2D eigenvalue weighted by atomic mass is 16.6. The standard InChI is InChI=1S/C29H27N3O5/c1-36-28(34)25(15-20-11-13-21(17-30)14-12-20)31-27(33)26-16-23-9-5-6-10-24(23)18-32(26)29(35)37-19-22-7-3-2-4-8-22/h2-14,25-26H,15-16,18-19H2,1H3,(H,31,33)/t25-,26+/m1/s1. The number of esters is 1. The predicted molar refractivity (Wildman–Crippen MR) is 135 cm³/mol. The zero-order valence-corrected chi connectivity index (χ0v) is 20.4. The molecule has 2 amide bonds. The van der Waals surface area contributed by atoms with Crippen molar-refractivity contribution in [2.45, 2.75) is 38.1 Å². The predicted octanol–water partition coefficient (Wildman–Crippen LogP) is 3.52. The van der Waals surface area contributed by atoms with Gasteiger partial charge in [-0.15, -0.1) is 0 Å². The number of hydrogen-bond acceptors (Lipinski definition) is 6. The lowest BCUT2D eigenvalue weighted by Crippen LogP contribution is -2.56. The highest BCUT2D eigenvalue weighted by Gasteiger charge is 2.37. The van der Waals surface area contributed by atoms with Crippen molar-refractivity contribution in [3.63, 3.8) is 0 Å². The molecule has 0 aromatic heterocycles. The second-order valence-electron chi connectivity index (χ2n) is 8.75. The van der Waals surface area contributed by atoms with Gasteiger partial charge in [0.1, 0.15) is 18.7 Å². The fourth-order valence-electron chi connectivity index (χ4n) is 4.31. The summed E-state index contributed by atoms with van der Waals surface area (Å²) in [5, 5.41) is 11.8. The Morgan fingerprint density at radius 1 is 0.973 bits per heavy atom. The maximum Gasteiger partial charge on any atom is 0.411 e. The van der Waals surface area contributed by atoms with Crippen molar-refractivity contribution < 1.29 is 23.9 Å². The van der Waals surface area contributed by atoms with Gasteiger partial charge in [0.2, 0.25) is 5.91 Å². The summed E-state index contributed by atoms with van der Waals surface area (Å²) in [5.41, 5.74) is 3.97. The molecular formula is C29H27N3O5. The van der Waals surface area contributed by atoms with Gasteiger partial charge in [-0.3, -0.25) is 9.69 Å². The van der Waals surface area contributed by atoms with E-state index in [-0.39, 0.29) is 26.0 Å². The molecule has 0 spiro atoms. The van der Waals surface area contributed by atoms with Crippen LogP contribution in [0.15, 0.2) is 78.9 Å². The third-order valence-electron chi connectivity index (χ3n) is 6.32. The van der Waals surface area contributed by atoms with Crippen LogP contribution in [0.4, 0.5) is 4.79 Å². The summed E-state index contributed by atoms with van der Waals surface area (Å²) < 4.78 is 10.5. The molecule has 0 aliphatic carbocycles. The molecule has 0 radical (unpaired) electrons. The summed E-state index contributed by atoms with van der Waals surface area (Å²) >= 11 is 0. The molecule has 37 heavy (non-hydrogen) atoms. The second kappa shape index (κ2) is 11.9. The maximum atomic E-state index is 13.5. The van der Waals surface area contributed by atoms with E-state index >= 15 is 0 Å². The van der Waals surface area contributed by atoms with Gasteiger partial charge in [0, 0.05) is 12.8 Å². The van der Waals surface area contributed by atoms with E-state index in [0.29, 0.717) is 5.56 Å². The minimum Gasteiger partial charge on any atom is -0.467 e. The van der Waals surface area contributed by atoms with Crippen LogP contribution in [0, 0.1) is 11.3 Å². The lowest BCUT2D eigenvalue weighted by Gasteiger charge is -2.35. The Labute approximate surface area is 215 Å². The molecule has 8 nitrogen and oxygen atoms in total. The number of carbonyl (C=O) groups is 3. The van der Waals surface area contributed by atoms with E-state index in [1.807, 2.05) is 54.6 Å². The number of nitriles is 1. The van der Waals surface area contributed by atoms with Crippen molar-refractivity contribution in [3.05, 3.63) is 107 Å². The highest BCUT2D eigenvalue weighted by molar-refractivity contribution is 5.90. The maximum absolute atomic E-state index is 13.5. The van der Waals surface area contributed by atoms with E-state index in [0.717, 1.165) is 22.3 Å². The minimum absolute atomic E-state index is 0.0790. The van der Waals surface area contributed by atoms with Crippen LogP contribution < -0.4 is 5.32 Å². The molecule has 2 atom stereocenters. The first-order chi connectivity index (χ1) is 18.0. The number of nitrogens with zero attached hydrogens (tertiary/aromatic N) is 2. The van der Waals surface area contributed by atoms with Crippen molar-refractivity contribution in [3.8, 4) is 6.07 Å². The van der Waals surface area contributed by atoms with Crippen LogP contribution in [0.5, 0.6) is 0 Å². The molecule has 4 rings (SSSR count). The van der Waals surface area contributed by atoms with Gasteiger partial charge < -0.3 is 14.8 Å². The monoisotopic (exact) mass is 497 g/mol. The number of nitrogens with one attached hydrogen (secondary N) is 1. The van der Waals surface area contributed by atoms with E-state index in [4.69, 9.17) is 14.7 Å². The van der Waals surface area contributed by atoms with Crippen LogP contribution in [0.3, 0.4) is 0 Å². The van der Waals surface area contributed by atoms with E-state index < -0.39 is 30.1 Å². The highest BCUT2D eigenvalue weighted by Crippen LogP contribution is 2.25. The van der Waals surface area contributed by atoms with Crippen LogP contribution in [0.2, 0.25) is 0 Å². The van der Waals surface area contributed by atoms with Crippen LogP contribution in [0.1, 0.15) is 27.8 Å². The minimum atomic E-state index is -0.968. The molecule has 1 heterocycles. The lowest BCUT2D eigenvalue weighted by atomic mass is 9.93. The smallest absolute Gasteiger partial charge is 0.411 e. The summed E-state index contributed by atoms with van der Waals surface area (Å²) in [6, 6.07) is 23.9. The number of fused-ring (bicyclic) bond motifs is 1. The summed E-state index contributed by atoms with van der Waals surface area (Å²) in [5.74, 6) is -1.08. The van der Waals surface area contributed by atoms with E-state index in [1.165, 1.54) is 12.0 Å². The zero-order chi connectivity index (χ0) is 26.2. The topological polar surface area (TPSA) is 109 Å². The Morgan fingerprint density at radius 3 is 2.32 bits per heavy atom. The number of carbonyl (C=O) groups excluding carboxylic acids is 3. The first-order valence-electron chi connectivity index (χ1n) is 11.9. The van der Waals surface area contributed by atoms with Crippen molar-refractivity contribution in [2.75, 3.05) is 7.11 Å². The van der Waals surface area contributed by atoms with Gasteiger partial charge in [0.15, 0.2) is 0 Å². The molecule has 1 aliphatic rings. The Kier molecular flexibility index (Phi) is 8.16. The van der Waals surface area contributed by atoms with Gasteiger partial charge in [0.05, 0.1) is 25.3 Å². The summed E-state index contributed by atoms with van der Waals surface area (Å²) in [6.07, 6.45) is -0.153. The number of methoxy groups -OCH3 is 1. The Balaban J connectivity index is 1.52. The normalized spacial score (nSPS) is 15.0. The number of rotatable bonds is 7. The summed E-state index contributed by atoms with van der Waals surface area (Å²) in [6.45, 7) is 0.288. The van der Waals surface area contributed by atoms with Gasteiger partial charge in [-0.2, -0.15) is 5.26 Å². The molecule has 0 unspecified atom stereocenters. The SMILES string of the molecule is COC(=O)[C@@H](Cc1ccc(C#N)cc1)NC(=O)[C@@H]1Cc2ccccc2CN1C(=O)OCc1ccccc1. The van der Waals surface area contributed by atoms with E-state index in [9.17, 15) is 14.4 Å². The van der Waals surface area contributed by atoms with Crippen LogP contribution in [-0.2, 0) is 45.1 Å². The molecular weight excluding hydrogens is 470 g/mol. The Hall–Kier alpha value is -4.64. The van der Waals surface area contributed by atoms with Gasteiger partial charge in [-0.1, -0.05) is 66.7 Å².